The van der Waals surface area contributed by atoms with Gasteiger partial charge in [-0.05, 0) is 50.4 Å². The van der Waals surface area contributed by atoms with Crippen LogP contribution in [0.2, 0.25) is 0 Å². The number of rotatable bonds is 1. The van der Waals surface area contributed by atoms with Crippen molar-refractivity contribution in [2.24, 2.45) is 5.41 Å². The number of carbonyl (C=O) groups excluding carboxylic acids is 2. The number of imide groups is 1. The summed E-state index contributed by atoms with van der Waals surface area (Å²) in [7, 11) is 2.11. The summed E-state index contributed by atoms with van der Waals surface area (Å²) in [5, 5.41) is 2.54. The predicted octanol–water partition coefficient (Wildman–Crippen LogP) is 1.92. The van der Waals surface area contributed by atoms with Crippen molar-refractivity contribution in [3.05, 3.63) is 35.9 Å². The summed E-state index contributed by atoms with van der Waals surface area (Å²) < 4.78 is 0. The third-order valence-electron chi connectivity index (χ3n) is 4.99. The summed E-state index contributed by atoms with van der Waals surface area (Å²) in [5.41, 5.74) is 0.818. The number of amides is 2. The molecule has 2 aliphatic heterocycles. The summed E-state index contributed by atoms with van der Waals surface area (Å²) in [6, 6.07) is 9.92. The first-order valence-electron chi connectivity index (χ1n) is 7.68. The molecule has 0 aromatic heterocycles. The highest BCUT2D eigenvalue weighted by Gasteiger charge is 2.49. The average molecular weight is 286 g/mol. The molecule has 0 aliphatic carbocycles. The molecule has 3 rings (SSSR count). The van der Waals surface area contributed by atoms with E-state index in [-0.39, 0.29) is 23.1 Å². The van der Waals surface area contributed by atoms with E-state index in [2.05, 4.69) is 17.3 Å². The Bertz CT molecular complexity index is 543. The van der Waals surface area contributed by atoms with Gasteiger partial charge in [0, 0.05) is 6.42 Å². The second-order valence-corrected chi connectivity index (χ2v) is 6.45. The zero-order chi connectivity index (χ0) is 14.9. The molecule has 2 atom stereocenters. The van der Waals surface area contributed by atoms with Gasteiger partial charge in [-0.2, -0.15) is 0 Å². The predicted molar refractivity (Wildman–Crippen MR) is 80.7 cm³/mol. The van der Waals surface area contributed by atoms with E-state index < -0.39 is 0 Å². The first kappa shape index (κ1) is 14.3. The van der Waals surface area contributed by atoms with Gasteiger partial charge in [0.1, 0.15) is 0 Å². The van der Waals surface area contributed by atoms with Crippen LogP contribution in [0.4, 0.5) is 0 Å². The van der Waals surface area contributed by atoms with E-state index in [0.29, 0.717) is 6.42 Å². The maximum absolute atomic E-state index is 12.5. The van der Waals surface area contributed by atoms with Gasteiger partial charge in [-0.1, -0.05) is 30.3 Å². The van der Waals surface area contributed by atoms with Crippen molar-refractivity contribution in [1.29, 1.82) is 0 Å². The van der Waals surface area contributed by atoms with Gasteiger partial charge in [-0.25, -0.2) is 0 Å². The Hall–Kier alpha value is -1.68. The normalized spacial score (nSPS) is 31.0. The average Bonchev–Trinajstić information content (AvgIpc) is 2.62. The SMILES string of the molecule is CN1CCCC2(CC1)CC(=O)NC(=O)C2c1ccccc1. The van der Waals surface area contributed by atoms with E-state index in [0.717, 1.165) is 37.9 Å². The molecule has 1 N–H and O–H groups in total. The second kappa shape index (κ2) is 5.60. The summed E-state index contributed by atoms with van der Waals surface area (Å²) in [4.78, 5) is 26.8. The molecule has 0 radical (unpaired) electrons. The van der Waals surface area contributed by atoms with Gasteiger partial charge >= 0.3 is 0 Å². The number of carbonyl (C=O) groups is 2. The van der Waals surface area contributed by atoms with Crippen molar-refractivity contribution < 1.29 is 9.59 Å². The third-order valence-corrected chi connectivity index (χ3v) is 4.99. The maximum atomic E-state index is 12.5. The van der Waals surface area contributed by atoms with Gasteiger partial charge in [0.05, 0.1) is 5.92 Å². The van der Waals surface area contributed by atoms with Gasteiger partial charge in [-0.15, -0.1) is 0 Å². The van der Waals surface area contributed by atoms with Gasteiger partial charge in [0.2, 0.25) is 11.8 Å². The van der Waals surface area contributed by atoms with E-state index in [1.807, 2.05) is 30.3 Å². The van der Waals surface area contributed by atoms with Crippen LogP contribution in [0, 0.1) is 5.41 Å². The van der Waals surface area contributed by atoms with E-state index in [4.69, 9.17) is 0 Å². The van der Waals surface area contributed by atoms with Crippen molar-refractivity contribution in [1.82, 2.24) is 10.2 Å². The summed E-state index contributed by atoms with van der Waals surface area (Å²) in [6.45, 7) is 1.99. The van der Waals surface area contributed by atoms with E-state index in [9.17, 15) is 9.59 Å². The van der Waals surface area contributed by atoms with Crippen LogP contribution < -0.4 is 5.32 Å². The minimum Gasteiger partial charge on any atom is -0.306 e. The van der Waals surface area contributed by atoms with Crippen LogP contribution >= 0.6 is 0 Å². The lowest BCUT2D eigenvalue weighted by Crippen LogP contribution is -2.51. The highest BCUT2D eigenvalue weighted by Crippen LogP contribution is 2.49. The van der Waals surface area contributed by atoms with Gasteiger partial charge in [0.25, 0.3) is 0 Å². The Kier molecular flexibility index (Phi) is 3.81. The number of nitrogens with one attached hydrogen (secondary N) is 1. The Morgan fingerprint density at radius 1 is 1.14 bits per heavy atom. The molecular formula is C17H22N2O2. The number of nitrogens with zero attached hydrogens (tertiary/aromatic N) is 1. The van der Waals surface area contributed by atoms with Crippen LogP contribution in [0.25, 0.3) is 0 Å². The molecule has 1 aromatic carbocycles. The molecular weight excluding hydrogens is 264 g/mol. The highest BCUT2D eigenvalue weighted by atomic mass is 16.2. The van der Waals surface area contributed by atoms with E-state index in [1.54, 1.807) is 0 Å². The van der Waals surface area contributed by atoms with Crippen molar-refractivity contribution in [2.45, 2.75) is 31.6 Å². The number of benzene rings is 1. The van der Waals surface area contributed by atoms with Crippen LogP contribution in [0.5, 0.6) is 0 Å². The minimum atomic E-state index is -0.217. The molecule has 4 heteroatoms. The Morgan fingerprint density at radius 2 is 1.90 bits per heavy atom. The number of hydrogen-bond acceptors (Lipinski definition) is 3. The second-order valence-electron chi connectivity index (χ2n) is 6.45. The lowest BCUT2D eigenvalue weighted by atomic mass is 9.63. The quantitative estimate of drug-likeness (QED) is 0.802. The molecule has 2 heterocycles. The molecule has 2 saturated heterocycles. The maximum Gasteiger partial charge on any atom is 0.234 e. The zero-order valence-electron chi connectivity index (χ0n) is 12.5. The van der Waals surface area contributed by atoms with Gasteiger partial charge < -0.3 is 4.90 Å². The molecule has 2 unspecified atom stereocenters. The van der Waals surface area contributed by atoms with Crippen LogP contribution in [0.15, 0.2) is 30.3 Å². The molecule has 112 valence electrons. The lowest BCUT2D eigenvalue weighted by molar-refractivity contribution is -0.140. The molecule has 0 bridgehead atoms. The van der Waals surface area contributed by atoms with Gasteiger partial charge in [-0.3, -0.25) is 14.9 Å². The van der Waals surface area contributed by atoms with E-state index in [1.165, 1.54) is 0 Å². The van der Waals surface area contributed by atoms with Crippen LogP contribution in [-0.4, -0.2) is 36.9 Å². The van der Waals surface area contributed by atoms with Crippen LogP contribution in [0.1, 0.15) is 37.2 Å². The van der Waals surface area contributed by atoms with E-state index >= 15 is 0 Å². The van der Waals surface area contributed by atoms with Crippen LogP contribution in [-0.2, 0) is 9.59 Å². The first-order valence-corrected chi connectivity index (χ1v) is 7.68. The smallest absolute Gasteiger partial charge is 0.234 e. The van der Waals surface area contributed by atoms with Crippen molar-refractivity contribution in [3.8, 4) is 0 Å². The third kappa shape index (κ3) is 2.72. The van der Waals surface area contributed by atoms with Crippen molar-refractivity contribution in [2.75, 3.05) is 20.1 Å². The Balaban J connectivity index is 2.00. The Morgan fingerprint density at radius 3 is 2.67 bits per heavy atom. The monoisotopic (exact) mass is 286 g/mol. The standard InChI is InChI=1S/C17H22N2O2/c1-19-10-5-8-17(9-11-19)12-14(20)18-16(21)15(17)13-6-3-2-4-7-13/h2-4,6-7,15H,5,8-12H2,1H3,(H,18,20,21). The largest absolute Gasteiger partial charge is 0.306 e. The fourth-order valence-corrected chi connectivity index (χ4v) is 3.92. The summed E-state index contributed by atoms with van der Waals surface area (Å²) >= 11 is 0. The number of likely N-dealkylation sites (tertiary alicyclic amines) is 1. The molecule has 2 amide bonds. The number of hydrogen-bond donors (Lipinski definition) is 1. The molecule has 0 saturated carbocycles. The lowest BCUT2D eigenvalue weighted by Gasteiger charge is -2.42. The molecule has 2 fully saturated rings. The molecule has 21 heavy (non-hydrogen) atoms. The topological polar surface area (TPSA) is 49.4 Å². The minimum absolute atomic E-state index is 0.114. The van der Waals surface area contributed by atoms with Crippen molar-refractivity contribution in [3.63, 3.8) is 0 Å². The Labute approximate surface area is 125 Å². The first-order chi connectivity index (χ1) is 10.1. The fraction of sp³-hybridized carbons (Fsp3) is 0.529. The molecule has 1 aromatic rings. The van der Waals surface area contributed by atoms with Crippen LogP contribution in [0.3, 0.4) is 0 Å². The zero-order valence-corrected chi connectivity index (χ0v) is 12.5. The highest BCUT2D eigenvalue weighted by molar-refractivity contribution is 6.02. The molecule has 2 aliphatic rings. The summed E-state index contributed by atoms with van der Waals surface area (Å²) in [5.74, 6) is -0.443. The summed E-state index contributed by atoms with van der Waals surface area (Å²) in [6.07, 6.45) is 3.35. The number of piperidine rings is 1. The van der Waals surface area contributed by atoms with Gasteiger partial charge in [0.15, 0.2) is 0 Å². The fourth-order valence-electron chi connectivity index (χ4n) is 3.92. The molecule has 1 spiro atoms. The van der Waals surface area contributed by atoms with Crippen molar-refractivity contribution >= 4 is 11.8 Å². The molecule has 4 nitrogen and oxygen atoms in total.